The van der Waals surface area contributed by atoms with Gasteiger partial charge in [-0.15, -0.1) is 0 Å². The Kier molecular flexibility index (Phi) is 3.14. The smallest absolute Gasteiger partial charge is 0.337 e. The second-order valence-corrected chi connectivity index (χ2v) is 1.47. The van der Waals surface area contributed by atoms with Crippen molar-refractivity contribution in [2.75, 3.05) is 14.2 Å². The molecule has 0 atom stereocenters. The molecular weight excluding hydrogens is 140 g/mol. The van der Waals surface area contributed by atoms with E-state index in [0.29, 0.717) is 0 Å². The molecule has 10 heavy (non-hydrogen) atoms. The second-order valence-electron chi connectivity index (χ2n) is 1.47. The molecule has 0 heterocycles. The number of Topliss-reactive ketones (excluding diaryl/α,β-unsaturated/α-hetero) is 1. The maximum absolute atomic E-state index is 10.4. The first-order valence-corrected chi connectivity index (χ1v) is 2.43. The fourth-order valence-corrected chi connectivity index (χ4v) is 0.359. The summed E-state index contributed by atoms with van der Waals surface area (Å²) in [6.45, 7) is 0. The largest absolute Gasteiger partial charge is 0.351 e. The van der Waals surface area contributed by atoms with Gasteiger partial charge in [0.15, 0.2) is 6.29 Å². The van der Waals surface area contributed by atoms with Gasteiger partial charge in [0.2, 0.25) is 0 Å². The Morgan fingerprint density at radius 3 is 2.00 bits per heavy atom. The summed E-state index contributed by atoms with van der Waals surface area (Å²) >= 11 is 0. The summed E-state index contributed by atoms with van der Waals surface area (Å²) in [6.07, 6.45) is -0.0764. The van der Waals surface area contributed by atoms with Crippen molar-refractivity contribution in [3.8, 4) is 0 Å². The minimum absolute atomic E-state index is 0.0764. The van der Waals surface area contributed by atoms with Crippen LogP contribution in [0.25, 0.3) is 0 Å². The van der Waals surface area contributed by atoms with Crippen LogP contribution < -0.4 is 0 Å². The lowest BCUT2D eigenvalue weighted by Crippen LogP contribution is -2.43. The summed E-state index contributed by atoms with van der Waals surface area (Å²) < 4.78 is 8.38. The van der Waals surface area contributed by atoms with Gasteiger partial charge in [0.1, 0.15) is 0 Å². The van der Waals surface area contributed by atoms with Gasteiger partial charge in [0.25, 0.3) is 5.78 Å². The molecule has 0 aliphatic heterocycles. The van der Waals surface area contributed by atoms with Gasteiger partial charge in [-0.1, -0.05) is 0 Å². The van der Waals surface area contributed by atoms with Gasteiger partial charge >= 0.3 is 5.97 Å². The predicted octanol–water partition coefficient (Wildman–Crippen LogP) is -1.31. The Bertz CT molecular complexity index is 137. The van der Waals surface area contributed by atoms with E-state index >= 15 is 0 Å². The molecule has 0 amide bonds. The van der Waals surface area contributed by atoms with Crippen LogP contribution >= 0.6 is 0 Å². The number of aldehydes is 1. The third-order valence-electron chi connectivity index (χ3n) is 0.972. The summed E-state index contributed by atoms with van der Waals surface area (Å²) in [7, 11) is 2.09. The molecule has 0 aromatic carbocycles. The molecule has 0 saturated carbocycles. The second kappa shape index (κ2) is 3.40. The Balaban J connectivity index is 4.31. The summed E-state index contributed by atoms with van der Waals surface area (Å²) in [5.74, 6) is -3.58. The number of aliphatic hydroxyl groups is 1. The molecule has 5 heteroatoms. The van der Waals surface area contributed by atoms with Gasteiger partial charge < -0.3 is 14.6 Å². The number of ketones is 1. The molecule has 58 valence electrons. The highest BCUT2D eigenvalue weighted by Crippen LogP contribution is 2.05. The van der Waals surface area contributed by atoms with Crippen molar-refractivity contribution in [3.63, 3.8) is 0 Å². The highest BCUT2D eigenvalue weighted by Gasteiger charge is 2.35. The van der Waals surface area contributed by atoms with Crippen LogP contribution in [0.5, 0.6) is 0 Å². The van der Waals surface area contributed by atoms with E-state index in [1.807, 2.05) is 0 Å². The first-order valence-electron chi connectivity index (χ1n) is 2.43. The topological polar surface area (TPSA) is 72.8 Å². The summed E-state index contributed by atoms with van der Waals surface area (Å²) in [5, 5.41) is 8.87. The SMILES string of the molecule is COC(O)(OC)C(=O)C=O. The number of carbonyl (C=O) groups excluding carboxylic acids is 2. The van der Waals surface area contributed by atoms with Gasteiger partial charge in [-0.2, -0.15) is 0 Å². The predicted molar refractivity (Wildman–Crippen MR) is 30.0 cm³/mol. The Morgan fingerprint density at radius 2 is 1.90 bits per heavy atom. The molecule has 0 aromatic heterocycles. The van der Waals surface area contributed by atoms with E-state index < -0.39 is 11.8 Å². The average molecular weight is 148 g/mol. The van der Waals surface area contributed by atoms with Crippen molar-refractivity contribution in [1.82, 2.24) is 0 Å². The van der Waals surface area contributed by atoms with Gasteiger partial charge in [-0.05, 0) is 0 Å². The van der Waals surface area contributed by atoms with E-state index in [2.05, 4.69) is 9.47 Å². The summed E-state index contributed by atoms with van der Waals surface area (Å²) in [6, 6.07) is 0. The first-order chi connectivity index (χ1) is 4.60. The molecule has 5 nitrogen and oxygen atoms in total. The zero-order valence-electron chi connectivity index (χ0n) is 5.66. The minimum Gasteiger partial charge on any atom is -0.337 e. The van der Waals surface area contributed by atoms with Crippen LogP contribution in [0, 0.1) is 0 Å². The van der Waals surface area contributed by atoms with Crippen LogP contribution in [0.2, 0.25) is 0 Å². The van der Waals surface area contributed by atoms with Crippen molar-refractivity contribution < 1.29 is 24.2 Å². The normalized spacial score (nSPS) is 11.1. The third kappa shape index (κ3) is 1.60. The lowest BCUT2D eigenvalue weighted by atomic mass is 10.4. The molecule has 0 rings (SSSR count). The standard InChI is InChI=1S/C5H8O5/c1-9-5(8,10-2)4(7)3-6/h3,8H,1-2H3. The molecular formula is C5H8O5. The van der Waals surface area contributed by atoms with Gasteiger partial charge in [0.05, 0.1) is 0 Å². The molecule has 1 N–H and O–H groups in total. The Morgan fingerprint density at radius 1 is 1.50 bits per heavy atom. The van der Waals surface area contributed by atoms with E-state index in [4.69, 9.17) is 5.11 Å². The molecule has 0 spiro atoms. The van der Waals surface area contributed by atoms with Crippen molar-refractivity contribution >= 4 is 12.1 Å². The van der Waals surface area contributed by atoms with E-state index in [1.54, 1.807) is 0 Å². The van der Waals surface area contributed by atoms with E-state index in [0.717, 1.165) is 14.2 Å². The lowest BCUT2D eigenvalue weighted by Gasteiger charge is -2.18. The van der Waals surface area contributed by atoms with E-state index in [1.165, 1.54) is 0 Å². The minimum atomic E-state index is -2.41. The van der Waals surface area contributed by atoms with Crippen LogP contribution in [-0.2, 0) is 19.1 Å². The maximum atomic E-state index is 10.4. The Hall–Kier alpha value is -0.780. The van der Waals surface area contributed by atoms with Crippen LogP contribution in [-0.4, -0.2) is 37.4 Å². The van der Waals surface area contributed by atoms with E-state index in [-0.39, 0.29) is 6.29 Å². The summed E-state index contributed by atoms with van der Waals surface area (Å²) in [5.41, 5.74) is 0. The number of methoxy groups -OCH3 is 2. The van der Waals surface area contributed by atoms with Crippen molar-refractivity contribution in [2.24, 2.45) is 0 Å². The third-order valence-corrected chi connectivity index (χ3v) is 0.972. The fourth-order valence-electron chi connectivity index (χ4n) is 0.359. The number of carbonyl (C=O) groups is 2. The zero-order valence-corrected chi connectivity index (χ0v) is 5.66. The molecule has 0 fully saturated rings. The molecule has 0 radical (unpaired) electrons. The molecule has 0 aromatic rings. The maximum Gasteiger partial charge on any atom is 0.351 e. The number of hydrogen-bond donors (Lipinski definition) is 1. The van der Waals surface area contributed by atoms with Crippen molar-refractivity contribution in [3.05, 3.63) is 0 Å². The van der Waals surface area contributed by atoms with Gasteiger partial charge in [0, 0.05) is 14.2 Å². The molecule has 0 aliphatic rings. The number of hydrogen-bond acceptors (Lipinski definition) is 5. The van der Waals surface area contributed by atoms with Crippen LogP contribution in [0.1, 0.15) is 0 Å². The fraction of sp³-hybridized carbons (Fsp3) is 0.600. The van der Waals surface area contributed by atoms with Crippen molar-refractivity contribution in [2.45, 2.75) is 5.97 Å². The Labute approximate surface area is 57.5 Å². The van der Waals surface area contributed by atoms with Gasteiger partial charge in [-0.3, -0.25) is 9.59 Å². The highest BCUT2D eigenvalue weighted by atomic mass is 16.8. The lowest BCUT2D eigenvalue weighted by molar-refractivity contribution is -0.310. The monoisotopic (exact) mass is 148 g/mol. The number of rotatable bonds is 4. The molecule has 0 bridgehead atoms. The van der Waals surface area contributed by atoms with Crippen LogP contribution in [0.4, 0.5) is 0 Å². The van der Waals surface area contributed by atoms with Crippen molar-refractivity contribution in [1.29, 1.82) is 0 Å². The number of ether oxygens (including phenoxy) is 2. The van der Waals surface area contributed by atoms with Crippen LogP contribution in [0.15, 0.2) is 0 Å². The zero-order chi connectivity index (χ0) is 8.20. The van der Waals surface area contributed by atoms with Gasteiger partial charge in [-0.25, -0.2) is 0 Å². The van der Waals surface area contributed by atoms with E-state index in [9.17, 15) is 9.59 Å². The van der Waals surface area contributed by atoms with Crippen LogP contribution in [0.3, 0.4) is 0 Å². The highest BCUT2D eigenvalue weighted by molar-refractivity contribution is 6.27. The quantitative estimate of drug-likeness (QED) is 0.304. The molecule has 0 aliphatic carbocycles. The molecule has 0 saturated heterocycles. The summed E-state index contributed by atoms with van der Waals surface area (Å²) in [4.78, 5) is 20.2. The molecule has 0 unspecified atom stereocenters. The average Bonchev–Trinajstić information content (AvgIpc) is 2.01. The first kappa shape index (κ1) is 9.22.